The molecule has 1 aliphatic carbocycles. The Morgan fingerprint density at radius 1 is 1.20 bits per heavy atom. The lowest BCUT2D eigenvalue weighted by Gasteiger charge is -2.18. The monoisotopic (exact) mass is 378 g/mol. The molecule has 1 amide bonds. The maximum Gasteiger partial charge on any atom is 0.253 e. The van der Waals surface area contributed by atoms with E-state index in [9.17, 15) is 13.2 Å². The van der Waals surface area contributed by atoms with E-state index in [0.717, 1.165) is 18.4 Å². The van der Waals surface area contributed by atoms with Crippen LogP contribution in [0.2, 0.25) is 5.02 Å². The lowest BCUT2D eigenvalue weighted by molar-refractivity contribution is 0.0785. The van der Waals surface area contributed by atoms with Crippen molar-refractivity contribution in [2.75, 3.05) is 7.05 Å². The quantitative estimate of drug-likeness (QED) is 0.840. The van der Waals surface area contributed by atoms with Crippen molar-refractivity contribution in [2.24, 2.45) is 0 Å². The Balaban J connectivity index is 1.75. The van der Waals surface area contributed by atoms with Gasteiger partial charge in [-0.1, -0.05) is 29.8 Å². The molecule has 0 atom stereocenters. The smallest absolute Gasteiger partial charge is 0.253 e. The van der Waals surface area contributed by atoms with Crippen molar-refractivity contribution in [3.63, 3.8) is 0 Å². The van der Waals surface area contributed by atoms with Gasteiger partial charge >= 0.3 is 0 Å². The molecule has 3 rings (SSSR count). The van der Waals surface area contributed by atoms with E-state index in [1.54, 1.807) is 36.2 Å². The van der Waals surface area contributed by atoms with Crippen LogP contribution >= 0.6 is 11.6 Å². The molecule has 0 bridgehead atoms. The molecule has 0 radical (unpaired) electrons. The van der Waals surface area contributed by atoms with E-state index < -0.39 is 10.0 Å². The van der Waals surface area contributed by atoms with Gasteiger partial charge < -0.3 is 4.90 Å². The van der Waals surface area contributed by atoms with E-state index in [2.05, 4.69) is 4.72 Å². The van der Waals surface area contributed by atoms with E-state index in [1.165, 1.54) is 12.1 Å². The third kappa shape index (κ3) is 4.60. The zero-order valence-corrected chi connectivity index (χ0v) is 15.3. The first-order valence-electron chi connectivity index (χ1n) is 7.97. The third-order valence-corrected chi connectivity index (χ3v) is 5.74. The summed E-state index contributed by atoms with van der Waals surface area (Å²) >= 11 is 5.86. The van der Waals surface area contributed by atoms with Crippen LogP contribution < -0.4 is 4.72 Å². The van der Waals surface area contributed by atoms with E-state index in [0.29, 0.717) is 17.1 Å². The number of carbonyl (C=O) groups excluding carboxylic acids is 1. The van der Waals surface area contributed by atoms with Gasteiger partial charge in [-0.3, -0.25) is 4.79 Å². The van der Waals surface area contributed by atoms with Crippen molar-refractivity contribution < 1.29 is 13.2 Å². The maximum absolute atomic E-state index is 12.6. The average Bonchev–Trinajstić information content (AvgIpc) is 3.39. The molecule has 2 aromatic carbocycles. The first-order chi connectivity index (χ1) is 11.8. The second kappa shape index (κ2) is 7.15. The molecule has 25 heavy (non-hydrogen) atoms. The Labute approximate surface area is 152 Å². The van der Waals surface area contributed by atoms with Crippen molar-refractivity contribution in [3.05, 3.63) is 64.7 Å². The van der Waals surface area contributed by atoms with Crippen molar-refractivity contribution in [3.8, 4) is 0 Å². The molecular formula is C18H19ClN2O3S. The van der Waals surface area contributed by atoms with E-state index in [-0.39, 0.29) is 16.8 Å². The molecule has 7 heteroatoms. The van der Waals surface area contributed by atoms with Gasteiger partial charge in [0.2, 0.25) is 10.0 Å². The summed E-state index contributed by atoms with van der Waals surface area (Å²) in [5, 5.41) is 0.638. The van der Waals surface area contributed by atoms with Crippen LogP contribution in [-0.4, -0.2) is 32.3 Å². The van der Waals surface area contributed by atoms with Crippen LogP contribution in [0.5, 0.6) is 0 Å². The van der Waals surface area contributed by atoms with Crippen molar-refractivity contribution in [1.82, 2.24) is 9.62 Å². The van der Waals surface area contributed by atoms with E-state index >= 15 is 0 Å². The minimum atomic E-state index is -3.58. The normalized spacial score (nSPS) is 14.3. The van der Waals surface area contributed by atoms with Crippen LogP contribution in [0.25, 0.3) is 0 Å². The number of carbonyl (C=O) groups is 1. The van der Waals surface area contributed by atoms with Crippen LogP contribution in [0, 0.1) is 0 Å². The first-order valence-corrected chi connectivity index (χ1v) is 9.83. The molecule has 2 aromatic rings. The lowest BCUT2D eigenvalue weighted by atomic mass is 10.1. The van der Waals surface area contributed by atoms with Gasteiger partial charge in [-0.05, 0) is 48.7 Å². The largest absolute Gasteiger partial charge is 0.337 e. The summed E-state index contributed by atoms with van der Waals surface area (Å²) in [7, 11) is -1.90. The highest BCUT2D eigenvalue weighted by Gasteiger charge is 2.28. The summed E-state index contributed by atoms with van der Waals surface area (Å²) in [5.74, 6) is -0.238. The minimum Gasteiger partial charge on any atom is -0.337 e. The number of nitrogens with zero attached hydrogens (tertiary/aromatic N) is 1. The number of nitrogens with one attached hydrogen (secondary N) is 1. The molecule has 1 fully saturated rings. The van der Waals surface area contributed by atoms with Gasteiger partial charge in [0.05, 0.1) is 4.90 Å². The van der Waals surface area contributed by atoms with Crippen LogP contribution in [0.4, 0.5) is 0 Å². The number of sulfonamides is 1. The molecule has 1 N–H and O–H groups in total. The molecule has 132 valence electrons. The number of halogens is 1. The summed E-state index contributed by atoms with van der Waals surface area (Å²) in [5.41, 5.74) is 1.29. The second-order valence-corrected chi connectivity index (χ2v) is 8.36. The van der Waals surface area contributed by atoms with Gasteiger partial charge in [0.1, 0.15) is 0 Å². The zero-order chi connectivity index (χ0) is 18.0. The summed E-state index contributed by atoms with van der Waals surface area (Å²) in [6.45, 7) is 0.410. The van der Waals surface area contributed by atoms with Gasteiger partial charge in [-0.15, -0.1) is 0 Å². The van der Waals surface area contributed by atoms with Crippen molar-refractivity contribution in [1.29, 1.82) is 0 Å². The number of benzene rings is 2. The fraction of sp³-hybridized carbons (Fsp3) is 0.278. The summed E-state index contributed by atoms with van der Waals surface area (Å²) in [4.78, 5) is 14.3. The molecule has 0 aliphatic heterocycles. The molecule has 0 aromatic heterocycles. The molecular weight excluding hydrogens is 360 g/mol. The highest BCUT2D eigenvalue weighted by Crippen LogP contribution is 2.23. The highest BCUT2D eigenvalue weighted by atomic mass is 35.5. The van der Waals surface area contributed by atoms with Gasteiger partial charge in [-0.25, -0.2) is 13.1 Å². The van der Waals surface area contributed by atoms with E-state index in [4.69, 9.17) is 11.6 Å². The summed E-state index contributed by atoms with van der Waals surface area (Å²) in [6.07, 6.45) is 1.73. The zero-order valence-electron chi connectivity index (χ0n) is 13.8. The fourth-order valence-corrected chi connectivity index (χ4v) is 3.92. The van der Waals surface area contributed by atoms with Crippen LogP contribution in [-0.2, 0) is 16.6 Å². The number of amides is 1. The van der Waals surface area contributed by atoms with Crippen molar-refractivity contribution in [2.45, 2.75) is 30.3 Å². The Morgan fingerprint density at radius 2 is 1.88 bits per heavy atom. The minimum absolute atomic E-state index is 0.0249. The average molecular weight is 379 g/mol. The second-order valence-electron chi connectivity index (χ2n) is 6.21. The number of hydrogen-bond donors (Lipinski definition) is 1. The highest BCUT2D eigenvalue weighted by molar-refractivity contribution is 7.89. The lowest BCUT2D eigenvalue weighted by Crippen LogP contribution is -2.28. The molecule has 0 saturated heterocycles. The topological polar surface area (TPSA) is 66.5 Å². The fourth-order valence-electron chi connectivity index (χ4n) is 2.44. The summed E-state index contributed by atoms with van der Waals surface area (Å²) in [6, 6.07) is 13.4. The molecule has 0 spiro atoms. The van der Waals surface area contributed by atoms with Crippen LogP contribution in [0.1, 0.15) is 28.8 Å². The SMILES string of the molecule is CN(Cc1ccc(Cl)cc1)C(=O)c1cccc(S(=O)(=O)NC2CC2)c1. The Hall–Kier alpha value is -1.89. The van der Waals surface area contributed by atoms with Crippen LogP contribution in [0.3, 0.4) is 0 Å². The molecule has 0 heterocycles. The first kappa shape index (κ1) is 17.9. The number of hydrogen-bond acceptors (Lipinski definition) is 3. The van der Waals surface area contributed by atoms with Crippen LogP contribution in [0.15, 0.2) is 53.4 Å². The molecule has 0 unspecified atom stereocenters. The standard InChI is InChI=1S/C18H19ClN2O3S/c1-21(12-13-5-7-15(19)8-6-13)18(22)14-3-2-4-17(11-14)25(23,24)20-16-9-10-16/h2-8,11,16,20H,9-10,12H2,1H3. The predicted molar refractivity (Wildman–Crippen MR) is 97.0 cm³/mol. The maximum atomic E-state index is 12.6. The van der Waals surface area contributed by atoms with Gasteiger partial charge in [0.25, 0.3) is 5.91 Å². The molecule has 5 nitrogen and oxygen atoms in total. The van der Waals surface area contributed by atoms with Gasteiger partial charge in [0.15, 0.2) is 0 Å². The van der Waals surface area contributed by atoms with Gasteiger partial charge in [0, 0.05) is 30.2 Å². The van der Waals surface area contributed by atoms with Crippen molar-refractivity contribution >= 4 is 27.5 Å². The Morgan fingerprint density at radius 3 is 2.52 bits per heavy atom. The van der Waals surface area contributed by atoms with E-state index in [1.807, 2.05) is 12.1 Å². The Bertz CT molecular complexity index is 877. The third-order valence-electron chi connectivity index (χ3n) is 3.97. The molecule has 1 saturated carbocycles. The molecule has 1 aliphatic rings. The Kier molecular flexibility index (Phi) is 5.13. The van der Waals surface area contributed by atoms with Gasteiger partial charge in [-0.2, -0.15) is 0 Å². The summed E-state index contributed by atoms with van der Waals surface area (Å²) < 4.78 is 27.2. The number of rotatable bonds is 6. The predicted octanol–water partition coefficient (Wildman–Crippen LogP) is 3.05.